The second-order valence-corrected chi connectivity index (χ2v) is 4.63. The monoisotopic (exact) mass is 228 g/mol. The largest absolute Gasteiger partial charge is 0.385 e. The molecule has 1 unspecified atom stereocenters. The fourth-order valence-electron chi connectivity index (χ4n) is 1.98. The Morgan fingerprint density at radius 1 is 1.12 bits per heavy atom. The van der Waals surface area contributed by atoms with Crippen molar-refractivity contribution < 1.29 is 0 Å². The summed E-state index contributed by atoms with van der Waals surface area (Å²) in [5.41, 5.74) is 6.73. The van der Waals surface area contributed by atoms with Gasteiger partial charge in [-0.1, -0.05) is 37.3 Å². The molecule has 0 saturated carbocycles. The predicted octanol–water partition coefficient (Wildman–Crippen LogP) is 3.24. The van der Waals surface area contributed by atoms with Crippen LogP contribution in [-0.2, 0) is 0 Å². The van der Waals surface area contributed by atoms with Crippen LogP contribution < -0.4 is 11.1 Å². The van der Waals surface area contributed by atoms with Gasteiger partial charge in [-0.05, 0) is 41.8 Å². The highest BCUT2D eigenvalue weighted by molar-refractivity contribution is 5.85. The van der Waals surface area contributed by atoms with E-state index in [4.69, 9.17) is 5.73 Å². The van der Waals surface area contributed by atoms with Gasteiger partial charge < -0.3 is 11.1 Å². The molecule has 2 nitrogen and oxygen atoms in total. The first-order chi connectivity index (χ1) is 8.29. The maximum Gasteiger partial charge on any atom is 0.0346 e. The molecule has 2 aromatic carbocycles. The SMILES string of the molecule is CC(CCN)CNc1ccc2ccccc2c1. The minimum absolute atomic E-state index is 0.617. The highest BCUT2D eigenvalue weighted by Crippen LogP contribution is 2.19. The number of nitrogens with one attached hydrogen (secondary N) is 1. The van der Waals surface area contributed by atoms with E-state index in [2.05, 4.69) is 54.7 Å². The molecular weight excluding hydrogens is 208 g/mol. The number of rotatable bonds is 5. The average molecular weight is 228 g/mol. The lowest BCUT2D eigenvalue weighted by Crippen LogP contribution is -2.15. The lowest BCUT2D eigenvalue weighted by Gasteiger charge is -2.13. The van der Waals surface area contributed by atoms with Gasteiger partial charge in [-0.2, -0.15) is 0 Å². The molecule has 0 heterocycles. The Hall–Kier alpha value is -1.54. The molecule has 0 spiro atoms. The molecule has 1 atom stereocenters. The van der Waals surface area contributed by atoms with E-state index >= 15 is 0 Å². The molecule has 0 aliphatic heterocycles. The van der Waals surface area contributed by atoms with Crippen molar-refractivity contribution in [3.05, 3.63) is 42.5 Å². The van der Waals surface area contributed by atoms with Crippen molar-refractivity contribution in [2.75, 3.05) is 18.4 Å². The van der Waals surface area contributed by atoms with Crippen molar-refractivity contribution in [3.63, 3.8) is 0 Å². The van der Waals surface area contributed by atoms with Crippen LogP contribution in [0.5, 0.6) is 0 Å². The quantitative estimate of drug-likeness (QED) is 0.824. The first-order valence-corrected chi connectivity index (χ1v) is 6.22. The molecule has 0 radical (unpaired) electrons. The van der Waals surface area contributed by atoms with Crippen molar-refractivity contribution in [1.82, 2.24) is 0 Å². The van der Waals surface area contributed by atoms with E-state index in [-0.39, 0.29) is 0 Å². The molecular formula is C15H20N2. The molecule has 17 heavy (non-hydrogen) atoms. The molecule has 0 aliphatic carbocycles. The van der Waals surface area contributed by atoms with Crippen LogP contribution >= 0.6 is 0 Å². The van der Waals surface area contributed by atoms with Crippen LogP contribution in [0, 0.1) is 5.92 Å². The summed E-state index contributed by atoms with van der Waals surface area (Å²) in [4.78, 5) is 0. The van der Waals surface area contributed by atoms with E-state index in [1.165, 1.54) is 16.5 Å². The Morgan fingerprint density at radius 2 is 1.88 bits per heavy atom. The maximum atomic E-state index is 5.55. The van der Waals surface area contributed by atoms with Gasteiger partial charge in [0.2, 0.25) is 0 Å². The number of hydrogen-bond acceptors (Lipinski definition) is 2. The lowest BCUT2D eigenvalue weighted by atomic mass is 10.1. The summed E-state index contributed by atoms with van der Waals surface area (Å²) in [7, 11) is 0. The normalized spacial score (nSPS) is 12.6. The minimum atomic E-state index is 0.617. The first kappa shape index (κ1) is 11.9. The van der Waals surface area contributed by atoms with Crippen molar-refractivity contribution in [3.8, 4) is 0 Å². The van der Waals surface area contributed by atoms with Gasteiger partial charge in [0.1, 0.15) is 0 Å². The Balaban J connectivity index is 2.04. The highest BCUT2D eigenvalue weighted by Gasteiger charge is 2.01. The molecule has 3 N–H and O–H groups in total. The Bertz CT molecular complexity index is 479. The fraction of sp³-hybridized carbons (Fsp3) is 0.333. The van der Waals surface area contributed by atoms with Crippen LogP contribution in [0.15, 0.2) is 42.5 Å². The van der Waals surface area contributed by atoms with Crippen LogP contribution in [-0.4, -0.2) is 13.1 Å². The zero-order valence-electron chi connectivity index (χ0n) is 10.3. The molecule has 90 valence electrons. The Morgan fingerprint density at radius 3 is 2.65 bits per heavy atom. The molecule has 0 amide bonds. The topological polar surface area (TPSA) is 38.0 Å². The minimum Gasteiger partial charge on any atom is -0.385 e. The van der Waals surface area contributed by atoms with Crippen molar-refractivity contribution in [2.45, 2.75) is 13.3 Å². The third kappa shape index (κ3) is 3.21. The fourth-order valence-corrected chi connectivity index (χ4v) is 1.98. The van der Waals surface area contributed by atoms with Gasteiger partial charge in [-0.3, -0.25) is 0 Å². The summed E-state index contributed by atoms with van der Waals surface area (Å²) < 4.78 is 0. The Kier molecular flexibility index (Phi) is 3.99. The third-order valence-corrected chi connectivity index (χ3v) is 3.06. The number of anilines is 1. The summed E-state index contributed by atoms with van der Waals surface area (Å²) in [6.45, 7) is 3.97. The van der Waals surface area contributed by atoms with E-state index in [1.807, 2.05) is 0 Å². The number of fused-ring (bicyclic) bond motifs is 1. The molecule has 0 aliphatic rings. The van der Waals surface area contributed by atoms with Crippen molar-refractivity contribution >= 4 is 16.5 Å². The van der Waals surface area contributed by atoms with Gasteiger partial charge in [-0.25, -0.2) is 0 Å². The van der Waals surface area contributed by atoms with Gasteiger partial charge >= 0.3 is 0 Å². The first-order valence-electron chi connectivity index (χ1n) is 6.22. The van der Waals surface area contributed by atoms with Crippen LogP contribution in [0.25, 0.3) is 10.8 Å². The molecule has 2 aromatic rings. The smallest absolute Gasteiger partial charge is 0.0346 e. The summed E-state index contributed by atoms with van der Waals surface area (Å²) >= 11 is 0. The molecule has 0 aromatic heterocycles. The van der Waals surface area contributed by atoms with Gasteiger partial charge in [0.15, 0.2) is 0 Å². The van der Waals surface area contributed by atoms with E-state index in [0.717, 1.165) is 19.5 Å². The number of benzene rings is 2. The standard InChI is InChI=1S/C15H20N2/c1-12(8-9-16)11-17-15-7-6-13-4-2-3-5-14(13)10-15/h2-7,10,12,17H,8-9,11,16H2,1H3. The second kappa shape index (κ2) is 5.69. The van der Waals surface area contributed by atoms with Gasteiger partial charge in [0.05, 0.1) is 0 Å². The molecule has 0 saturated heterocycles. The summed E-state index contributed by atoms with van der Waals surface area (Å²) in [6.07, 6.45) is 1.07. The van der Waals surface area contributed by atoms with Crippen LogP contribution in [0.3, 0.4) is 0 Å². The number of hydrogen-bond donors (Lipinski definition) is 2. The van der Waals surface area contributed by atoms with Gasteiger partial charge in [0.25, 0.3) is 0 Å². The van der Waals surface area contributed by atoms with E-state index in [9.17, 15) is 0 Å². The zero-order chi connectivity index (χ0) is 12.1. The van der Waals surface area contributed by atoms with Crippen LogP contribution in [0.2, 0.25) is 0 Å². The second-order valence-electron chi connectivity index (χ2n) is 4.63. The van der Waals surface area contributed by atoms with Gasteiger partial charge in [-0.15, -0.1) is 0 Å². The maximum absolute atomic E-state index is 5.55. The van der Waals surface area contributed by atoms with E-state index in [1.54, 1.807) is 0 Å². The van der Waals surface area contributed by atoms with Gasteiger partial charge in [0, 0.05) is 12.2 Å². The summed E-state index contributed by atoms with van der Waals surface area (Å²) in [5.74, 6) is 0.617. The lowest BCUT2D eigenvalue weighted by molar-refractivity contribution is 0.568. The summed E-state index contributed by atoms with van der Waals surface area (Å²) in [6, 6.07) is 14.9. The molecule has 0 fully saturated rings. The molecule has 0 bridgehead atoms. The van der Waals surface area contributed by atoms with Crippen molar-refractivity contribution in [2.24, 2.45) is 11.7 Å². The van der Waals surface area contributed by atoms with E-state index in [0.29, 0.717) is 5.92 Å². The van der Waals surface area contributed by atoms with Crippen LogP contribution in [0.1, 0.15) is 13.3 Å². The highest BCUT2D eigenvalue weighted by atomic mass is 14.9. The summed E-state index contributed by atoms with van der Waals surface area (Å²) in [5, 5.41) is 6.03. The average Bonchev–Trinajstić information content (AvgIpc) is 2.36. The Labute approximate surface area is 103 Å². The number of nitrogens with two attached hydrogens (primary N) is 1. The zero-order valence-corrected chi connectivity index (χ0v) is 10.3. The third-order valence-electron chi connectivity index (χ3n) is 3.06. The van der Waals surface area contributed by atoms with Crippen molar-refractivity contribution in [1.29, 1.82) is 0 Å². The van der Waals surface area contributed by atoms with Crippen LogP contribution in [0.4, 0.5) is 5.69 Å². The van der Waals surface area contributed by atoms with E-state index < -0.39 is 0 Å². The predicted molar refractivity (Wildman–Crippen MR) is 75.3 cm³/mol. The molecule has 2 rings (SSSR count). The molecule has 2 heteroatoms.